The van der Waals surface area contributed by atoms with Crippen molar-refractivity contribution in [3.8, 4) is 11.1 Å². The van der Waals surface area contributed by atoms with Crippen LogP contribution in [0.5, 0.6) is 0 Å². The standard InChI is InChI=1S/C36H34B2N2O2/c39-23-25-41-37(29-13-3-1-4-14-29)33-21-19-27-11-7-9-17-31(27)35(33)36-32-18-10-8-12-28(32)20-22-34(36)38(42-26-24-40)30-15-5-2-6-16-30/h1-22H,23-26,39-40H2. The van der Waals surface area contributed by atoms with Crippen molar-refractivity contribution in [2.45, 2.75) is 0 Å². The highest BCUT2D eigenvalue weighted by Gasteiger charge is 2.31. The third kappa shape index (κ3) is 5.63. The van der Waals surface area contributed by atoms with E-state index in [4.69, 9.17) is 20.8 Å². The van der Waals surface area contributed by atoms with Crippen LogP contribution in [0.2, 0.25) is 0 Å². The molecule has 0 atom stereocenters. The van der Waals surface area contributed by atoms with E-state index in [0.29, 0.717) is 26.3 Å². The summed E-state index contributed by atoms with van der Waals surface area (Å²) in [6.45, 7) is 1.16. The number of hydrogen-bond donors (Lipinski definition) is 2. The lowest BCUT2D eigenvalue weighted by molar-refractivity contribution is 0.344. The lowest BCUT2D eigenvalue weighted by atomic mass is 9.50. The summed E-state index contributed by atoms with van der Waals surface area (Å²) in [4.78, 5) is 0. The van der Waals surface area contributed by atoms with Crippen molar-refractivity contribution in [3.63, 3.8) is 0 Å². The third-order valence-electron chi connectivity index (χ3n) is 7.75. The summed E-state index contributed by atoms with van der Waals surface area (Å²) >= 11 is 0. The SMILES string of the molecule is NCCOB(c1ccccc1)c1ccc2ccccc2c1-c1c(B(OCCN)c2ccccc2)ccc2ccccc12. The maximum absolute atomic E-state index is 6.56. The molecule has 0 aliphatic carbocycles. The highest BCUT2D eigenvalue weighted by Crippen LogP contribution is 2.33. The molecular formula is C36H34B2N2O2. The average Bonchev–Trinajstić information content (AvgIpc) is 3.06. The maximum atomic E-state index is 6.56. The van der Waals surface area contributed by atoms with Crippen LogP contribution in [0.15, 0.2) is 133 Å². The van der Waals surface area contributed by atoms with Crippen molar-refractivity contribution in [2.24, 2.45) is 11.5 Å². The van der Waals surface area contributed by atoms with Crippen LogP contribution in [0.4, 0.5) is 0 Å². The summed E-state index contributed by atoms with van der Waals surface area (Å²) in [5.41, 5.74) is 18.6. The van der Waals surface area contributed by atoms with Gasteiger partial charge in [-0.2, -0.15) is 0 Å². The Hall–Kier alpha value is -4.19. The highest BCUT2D eigenvalue weighted by molar-refractivity contribution is 6.83. The molecule has 6 aromatic carbocycles. The van der Waals surface area contributed by atoms with Crippen LogP contribution in [0, 0.1) is 0 Å². The van der Waals surface area contributed by atoms with Gasteiger partial charge in [0, 0.05) is 26.3 Å². The number of hydrogen-bond acceptors (Lipinski definition) is 4. The van der Waals surface area contributed by atoms with E-state index in [0.717, 1.165) is 43.8 Å². The molecule has 0 spiro atoms. The second kappa shape index (κ2) is 13.2. The van der Waals surface area contributed by atoms with Crippen LogP contribution in [0.1, 0.15) is 0 Å². The van der Waals surface area contributed by atoms with E-state index >= 15 is 0 Å². The second-order valence-electron chi connectivity index (χ2n) is 10.4. The van der Waals surface area contributed by atoms with Crippen LogP contribution < -0.4 is 33.3 Å². The molecule has 6 heteroatoms. The molecule has 0 aliphatic rings. The van der Waals surface area contributed by atoms with E-state index in [2.05, 4.69) is 121 Å². The van der Waals surface area contributed by atoms with E-state index < -0.39 is 0 Å². The van der Waals surface area contributed by atoms with Crippen LogP contribution in [-0.2, 0) is 9.31 Å². The van der Waals surface area contributed by atoms with Crippen molar-refractivity contribution < 1.29 is 9.31 Å². The fraction of sp³-hybridized carbons (Fsp3) is 0.111. The largest absolute Gasteiger partial charge is 0.426 e. The van der Waals surface area contributed by atoms with E-state index in [1.807, 2.05) is 12.1 Å². The molecule has 0 saturated carbocycles. The first-order chi connectivity index (χ1) is 20.8. The lowest BCUT2D eigenvalue weighted by Gasteiger charge is -2.25. The Kier molecular flexibility index (Phi) is 8.78. The Balaban J connectivity index is 1.71. The van der Waals surface area contributed by atoms with Crippen molar-refractivity contribution in [1.82, 2.24) is 0 Å². The molecular weight excluding hydrogens is 514 g/mol. The predicted molar refractivity (Wildman–Crippen MR) is 180 cm³/mol. The average molecular weight is 548 g/mol. The second-order valence-corrected chi connectivity index (χ2v) is 10.4. The molecule has 0 amide bonds. The first kappa shape index (κ1) is 28.0. The minimum atomic E-state index is -0.304. The Labute approximate surface area is 248 Å². The number of rotatable bonds is 11. The minimum Gasteiger partial charge on any atom is -0.426 e. The van der Waals surface area contributed by atoms with Gasteiger partial charge in [0.15, 0.2) is 0 Å². The lowest BCUT2D eigenvalue weighted by Crippen LogP contribution is -2.49. The first-order valence-corrected chi connectivity index (χ1v) is 14.6. The van der Waals surface area contributed by atoms with Gasteiger partial charge in [-0.05, 0) is 54.5 Å². The van der Waals surface area contributed by atoms with Gasteiger partial charge in [0.1, 0.15) is 0 Å². The van der Waals surface area contributed by atoms with Gasteiger partial charge in [0.05, 0.1) is 0 Å². The Morgan fingerprint density at radius 1 is 0.429 bits per heavy atom. The molecule has 4 nitrogen and oxygen atoms in total. The van der Waals surface area contributed by atoms with Crippen molar-refractivity contribution in [3.05, 3.63) is 133 Å². The number of nitrogens with two attached hydrogens (primary N) is 2. The molecule has 0 radical (unpaired) electrons. The third-order valence-corrected chi connectivity index (χ3v) is 7.75. The molecule has 42 heavy (non-hydrogen) atoms. The summed E-state index contributed by atoms with van der Waals surface area (Å²) in [6.07, 6.45) is 0. The van der Waals surface area contributed by atoms with Crippen LogP contribution in [0.25, 0.3) is 32.7 Å². The summed E-state index contributed by atoms with van der Waals surface area (Å²) in [6, 6.07) is 46.8. The fourth-order valence-corrected chi connectivity index (χ4v) is 5.93. The quantitative estimate of drug-likeness (QED) is 0.242. The predicted octanol–water partition coefficient (Wildman–Crippen LogP) is 3.82. The van der Waals surface area contributed by atoms with Crippen molar-refractivity contribution >= 4 is 57.2 Å². The molecule has 0 aliphatic heterocycles. The maximum Gasteiger partial charge on any atom is 0.362 e. The molecule has 0 bridgehead atoms. The van der Waals surface area contributed by atoms with Crippen molar-refractivity contribution in [2.75, 3.05) is 26.3 Å². The van der Waals surface area contributed by atoms with E-state index in [1.54, 1.807) is 0 Å². The van der Waals surface area contributed by atoms with Gasteiger partial charge in [0.2, 0.25) is 0 Å². The van der Waals surface area contributed by atoms with E-state index in [1.165, 1.54) is 10.8 Å². The van der Waals surface area contributed by atoms with Crippen LogP contribution in [0.3, 0.4) is 0 Å². The van der Waals surface area contributed by atoms with Gasteiger partial charge in [-0.1, -0.05) is 133 Å². The zero-order chi connectivity index (χ0) is 28.7. The first-order valence-electron chi connectivity index (χ1n) is 14.6. The summed E-state index contributed by atoms with van der Waals surface area (Å²) in [5, 5.41) is 4.66. The van der Waals surface area contributed by atoms with Gasteiger partial charge in [0.25, 0.3) is 0 Å². The van der Waals surface area contributed by atoms with Gasteiger partial charge in [-0.25, -0.2) is 0 Å². The summed E-state index contributed by atoms with van der Waals surface area (Å²) in [7, 11) is 0. The monoisotopic (exact) mass is 548 g/mol. The van der Waals surface area contributed by atoms with Gasteiger partial charge in [-0.15, -0.1) is 0 Å². The topological polar surface area (TPSA) is 70.5 Å². The molecule has 0 fully saturated rings. The van der Waals surface area contributed by atoms with E-state index in [9.17, 15) is 0 Å². The molecule has 6 rings (SSSR count). The molecule has 6 aromatic rings. The van der Waals surface area contributed by atoms with Gasteiger partial charge < -0.3 is 20.8 Å². The minimum absolute atomic E-state index is 0.304. The number of fused-ring (bicyclic) bond motifs is 2. The van der Waals surface area contributed by atoms with Crippen molar-refractivity contribution in [1.29, 1.82) is 0 Å². The molecule has 0 unspecified atom stereocenters. The van der Waals surface area contributed by atoms with E-state index in [-0.39, 0.29) is 13.8 Å². The normalized spacial score (nSPS) is 11.2. The smallest absolute Gasteiger partial charge is 0.362 e. The van der Waals surface area contributed by atoms with Gasteiger partial charge >= 0.3 is 13.8 Å². The zero-order valence-corrected chi connectivity index (χ0v) is 23.7. The Morgan fingerprint density at radius 3 is 1.21 bits per heavy atom. The summed E-state index contributed by atoms with van der Waals surface area (Å²) in [5.74, 6) is 0. The highest BCUT2D eigenvalue weighted by atomic mass is 16.4. The van der Waals surface area contributed by atoms with Gasteiger partial charge in [-0.3, -0.25) is 0 Å². The molecule has 0 aromatic heterocycles. The molecule has 206 valence electrons. The summed E-state index contributed by atoms with van der Waals surface area (Å²) < 4.78 is 13.1. The van der Waals surface area contributed by atoms with Crippen LogP contribution >= 0.6 is 0 Å². The Morgan fingerprint density at radius 2 is 0.810 bits per heavy atom. The van der Waals surface area contributed by atoms with Crippen LogP contribution in [-0.4, -0.2) is 40.1 Å². The molecule has 4 N–H and O–H groups in total. The fourth-order valence-electron chi connectivity index (χ4n) is 5.93. The molecule has 0 heterocycles. The number of benzene rings is 6. The molecule has 0 saturated heterocycles. The Bertz CT molecular complexity index is 1650. The zero-order valence-electron chi connectivity index (χ0n) is 23.7.